The van der Waals surface area contributed by atoms with E-state index in [2.05, 4.69) is 4.98 Å². The number of hydrogen-bond acceptors (Lipinski definition) is 7. The molecule has 2 aliphatic rings. The van der Waals surface area contributed by atoms with Crippen LogP contribution >= 0.6 is 0 Å². The van der Waals surface area contributed by atoms with E-state index in [0.717, 1.165) is 22.3 Å². The van der Waals surface area contributed by atoms with E-state index in [9.17, 15) is 5.11 Å². The van der Waals surface area contributed by atoms with E-state index >= 15 is 0 Å². The molecule has 1 spiro atoms. The molecular weight excluding hydrogens is 394 g/mol. The van der Waals surface area contributed by atoms with Crippen LogP contribution < -0.4 is 15.2 Å². The van der Waals surface area contributed by atoms with Crippen molar-refractivity contribution in [2.75, 3.05) is 13.2 Å². The Morgan fingerprint density at radius 3 is 2.55 bits per heavy atom. The molecule has 0 amide bonds. The quantitative estimate of drug-likeness (QED) is 0.673. The van der Waals surface area contributed by atoms with E-state index in [1.54, 1.807) is 20.0 Å². The van der Waals surface area contributed by atoms with Gasteiger partial charge < -0.3 is 25.1 Å². The average Bonchev–Trinajstić information content (AvgIpc) is 3.15. The van der Waals surface area contributed by atoms with Crippen LogP contribution in [0.2, 0.25) is 0 Å². The van der Waals surface area contributed by atoms with E-state index in [-0.39, 0.29) is 19.2 Å². The summed E-state index contributed by atoms with van der Waals surface area (Å²) in [7, 11) is 0. The molecule has 7 nitrogen and oxygen atoms in total. The van der Waals surface area contributed by atoms with Crippen LogP contribution in [-0.2, 0) is 10.3 Å². The SMILES string of the molecule is CC(C)(O)COc1ccc2c(c1)[C@]1(COC(N)=N1)c1cc(-c3cccnc3)ccc1O2. The minimum absolute atomic E-state index is 0.133. The maximum atomic E-state index is 10.0. The maximum Gasteiger partial charge on any atom is 0.283 e. The van der Waals surface area contributed by atoms with E-state index in [4.69, 9.17) is 24.9 Å². The molecule has 2 aliphatic heterocycles. The van der Waals surface area contributed by atoms with Crippen LogP contribution in [0.5, 0.6) is 17.2 Å². The summed E-state index contributed by atoms with van der Waals surface area (Å²) >= 11 is 0. The van der Waals surface area contributed by atoms with E-state index in [1.807, 2.05) is 54.7 Å². The Hall–Kier alpha value is -3.58. The number of aliphatic imine (C=N–C) groups is 1. The molecule has 5 rings (SSSR count). The lowest BCUT2D eigenvalue weighted by Gasteiger charge is -2.34. The van der Waals surface area contributed by atoms with Crippen LogP contribution in [0.1, 0.15) is 25.0 Å². The summed E-state index contributed by atoms with van der Waals surface area (Å²) in [5.74, 6) is 1.98. The number of hydrogen-bond donors (Lipinski definition) is 2. The number of benzene rings is 2. The van der Waals surface area contributed by atoms with Crippen molar-refractivity contribution in [1.82, 2.24) is 4.98 Å². The van der Waals surface area contributed by atoms with E-state index in [0.29, 0.717) is 17.2 Å². The highest BCUT2D eigenvalue weighted by Gasteiger charge is 2.47. The summed E-state index contributed by atoms with van der Waals surface area (Å²) in [6.45, 7) is 3.81. The Morgan fingerprint density at radius 1 is 1.10 bits per heavy atom. The summed E-state index contributed by atoms with van der Waals surface area (Å²) in [6.07, 6.45) is 3.56. The Morgan fingerprint density at radius 2 is 1.87 bits per heavy atom. The Labute approximate surface area is 180 Å². The van der Waals surface area contributed by atoms with Gasteiger partial charge in [-0.25, -0.2) is 4.99 Å². The third-order valence-electron chi connectivity index (χ3n) is 5.36. The number of pyridine rings is 1. The smallest absolute Gasteiger partial charge is 0.283 e. The summed E-state index contributed by atoms with van der Waals surface area (Å²) in [5.41, 5.74) is 7.82. The minimum atomic E-state index is -0.950. The molecule has 2 aromatic carbocycles. The number of aliphatic hydroxyl groups is 1. The van der Waals surface area contributed by atoms with Crippen molar-refractivity contribution < 1.29 is 19.3 Å². The van der Waals surface area contributed by atoms with Crippen molar-refractivity contribution in [3.05, 3.63) is 72.1 Å². The molecule has 3 heterocycles. The molecule has 0 aliphatic carbocycles. The largest absolute Gasteiger partial charge is 0.491 e. The fourth-order valence-electron chi connectivity index (χ4n) is 3.90. The highest BCUT2D eigenvalue weighted by atomic mass is 16.5. The Balaban J connectivity index is 1.63. The van der Waals surface area contributed by atoms with Crippen molar-refractivity contribution in [3.8, 4) is 28.4 Å². The first-order valence-corrected chi connectivity index (χ1v) is 10.0. The lowest BCUT2D eigenvalue weighted by atomic mass is 9.80. The van der Waals surface area contributed by atoms with Gasteiger partial charge in [0.2, 0.25) is 0 Å². The fraction of sp³-hybridized carbons (Fsp3) is 0.250. The predicted molar refractivity (Wildman–Crippen MR) is 116 cm³/mol. The lowest BCUT2D eigenvalue weighted by Crippen LogP contribution is -2.31. The molecule has 0 saturated carbocycles. The number of ether oxygens (including phenoxy) is 3. The number of nitrogens with two attached hydrogens (primary N) is 1. The van der Waals surface area contributed by atoms with Gasteiger partial charge in [0.25, 0.3) is 6.02 Å². The second kappa shape index (κ2) is 6.99. The molecule has 1 aromatic heterocycles. The van der Waals surface area contributed by atoms with Gasteiger partial charge in [0, 0.05) is 29.1 Å². The summed E-state index contributed by atoms with van der Waals surface area (Å²) in [6, 6.07) is 15.6. The van der Waals surface area contributed by atoms with Crippen molar-refractivity contribution in [2.24, 2.45) is 10.7 Å². The highest BCUT2D eigenvalue weighted by molar-refractivity contribution is 5.78. The number of aromatic nitrogens is 1. The summed E-state index contributed by atoms with van der Waals surface area (Å²) in [5, 5.41) is 10.0. The van der Waals surface area contributed by atoms with Gasteiger partial charge in [-0.05, 0) is 55.8 Å². The molecular formula is C24H23N3O4. The van der Waals surface area contributed by atoms with Crippen molar-refractivity contribution in [1.29, 1.82) is 0 Å². The molecule has 3 aromatic rings. The van der Waals surface area contributed by atoms with Gasteiger partial charge in [0.1, 0.15) is 30.5 Å². The first-order valence-electron chi connectivity index (χ1n) is 10.0. The zero-order valence-corrected chi connectivity index (χ0v) is 17.3. The second-order valence-electron chi connectivity index (χ2n) is 8.41. The maximum absolute atomic E-state index is 10.0. The van der Waals surface area contributed by atoms with Gasteiger partial charge in [-0.1, -0.05) is 12.1 Å². The van der Waals surface area contributed by atoms with Crippen LogP contribution in [0.25, 0.3) is 11.1 Å². The molecule has 0 fully saturated rings. The molecule has 1 atom stereocenters. The zero-order valence-electron chi connectivity index (χ0n) is 17.3. The molecule has 0 radical (unpaired) electrons. The Bertz CT molecular complexity index is 1170. The fourth-order valence-corrected chi connectivity index (χ4v) is 3.90. The first kappa shape index (κ1) is 19.4. The van der Waals surface area contributed by atoms with Gasteiger partial charge in [-0.3, -0.25) is 4.98 Å². The number of rotatable bonds is 4. The number of amidine groups is 1. The lowest BCUT2D eigenvalue weighted by molar-refractivity contribution is 0.0284. The van der Waals surface area contributed by atoms with Crippen LogP contribution in [-0.4, -0.2) is 34.9 Å². The van der Waals surface area contributed by atoms with Crippen molar-refractivity contribution in [2.45, 2.75) is 25.0 Å². The third kappa shape index (κ3) is 3.47. The normalized spacial score (nSPS) is 19.1. The molecule has 158 valence electrons. The van der Waals surface area contributed by atoms with Crippen molar-refractivity contribution in [3.63, 3.8) is 0 Å². The topological polar surface area (TPSA) is 99.2 Å². The highest BCUT2D eigenvalue weighted by Crippen LogP contribution is 2.52. The molecule has 0 saturated heterocycles. The summed E-state index contributed by atoms with van der Waals surface area (Å²) in [4.78, 5) is 8.94. The third-order valence-corrected chi connectivity index (χ3v) is 5.36. The van der Waals surface area contributed by atoms with Crippen LogP contribution in [0, 0.1) is 0 Å². The number of nitrogens with zero attached hydrogens (tertiary/aromatic N) is 2. The van der Waals surface area contributed by atoms with Gasteiger partial charge in [0.05, 0.1) is 5.60 Å². The molecule has 7 heteroatoms. The van der Waals surface area contributed by atoms with Crippen LogP contribution in [0.3, 0.4) is 0 Å². The predicted octanol–water partition coefficient (Wildman–Crippen LogP) is 3.59. The molecule has 3 N–H and O–H groups in total. The second-order valence-corrected chi connectivity index (χ2v) is 8.41. The monoisotopic (exact) mass is 417 g/mol. The van der Waals surface area contributed by atoms with Crippen LogP contribution in [0.15, 0.2) is 65.9 Å². The van der Waals surface area contributed by atoms with E-state index in [1.165, 1.54) is 0 Å². The first-order chi connectivity index (χ1) is 14.8. The van der Waals surface area contributed by atoms with E-state index < -0.39 is 11.1 Å². The van der Waals surface area contributed by atoms with Crippen molar-refractivity contribution >= 4 is 6.02 Å². The number of fused-ring (bicyclic) bond motifs is 4. The standard InChI is InChI=1S/C24H23N3O4/c1-23(2,28)13-29-17-6-8-21-19(11-17)24(14-30-22(25)27-24)18-10-15(5-7-20(18)31-21)16-4-3-9-26-12-16/h3-12,28H,13-14H2,1-2H3,(H2,25,27)/t24-/m0/s1. The molecule has 0 unspecified atom stereocenters. The van der Waals surface area contributed by atoms with Crippen LogP contribution in [0.4, 0.5) is 0 Å². The average molecular weight is 417 g/mol. The van der Waals surface area contributed by atoms with Gasteiger partial charge in [0.15, 0.2) is 5.54 Å². The van der Waals surface area contributed by atoms with Gasteiger partial charge in [-0.15, -0.1) is 0 Å². The Kier molecular flexibility index (Phi) is 4.37. The molecule has 0 bridgehead atoms. The summed E-state index contributed by atoms with van der Waals surface area (Å²) < 4.78 is 17.7. The minimum Gasteiger partial charge on any atom is -0.491 e. The zero-order chi connectivity index (χ0) is 21.6. The molecule has 31 heavy (non-hydrogen) atoms. The van der Waals surface area contributed by atoms with Gasteiger partial charge >= 0.3 is 0 Å². The van der Waals surface area contributed by atoms with Gasteiger partial charge in [-0.2, -0.15) is 0 Å².